The molecule has 0 aromatic heterocycles. The minimum absolute atomic E-state index is 0.0551. The van der Waals surface area contributed by atoms with Crippen molar-refractivity contribution in [3.05, 3.63) is 83.9 Å². The third-order valence-electron chi connectivity index (χ3n) is 5.36. The number of ether oxygens (including phenoxy) is 1. The Hall–Kier alpha value is -3.38. The van der Waals surface area contributed by atoms with Gasteiger partial charge in [0.15, 0.2) is 0 Å². The summed E-state index contributed by atoms with van der Waals surface area (Å²) in [6.45, 7) is 4.30. The van der Waals surface area contributed by atoms with Crippen LogP contribution in [0.3, 0.4) is 0 Å². The Morgan fingerprint density at radius 1 is 0.970 bits per heavy atom. The number of thioether (sulfide) groups is 1. The Morgan fingerprint density at radius 2 is 1.64 bits per heavy atom. The number of anilines is 1. The average Bonchev–Trinajstić information content (AvgIpc) is 3.02. The summed E-state index contributed by atoms with van der Waals surface area (Å²) in [4.78, 5) is 22.3. The standard InChI is InChI=1S/C27H27N3O2S/c1-18(2)19-8-12-21(13-9-19)28-26(31)17-33-27-16-25(20-10-14-22(32-3)15-11-20)29-23-6-4-5-7-24(23)30-27/h4-15,18H,16-17H2,1-3H3,(H,28,31). The molecule has 0 saturated heterocycles. The second kappa shape index (κ2) is 10.5. The average molecular weight is 458 g/mol. The van der Waals surface area contributed by atoms with Crippen molar-refractivity contribution in [2.45, 2.75) is 26.2 Å². The third-order valence-corrected chi connectivity index (χ3v) is 6.33. The van der Waals surface area contributed by atoms with Crippen molar-refractivity contribution in [2.24, 2.45) is 9.98 Å². The quantitative estimate of drug-likeness (QED) is 0.445. The molecule has 1 heterocycles. The van der Waals surface area contributed by atoms with E-state index in [2.05, 4.69) is 31.3 Å². The van der Waals surface area contributed by atoms with E-state index in [-0.39, 0.29) is 11.7 Å². The molecule has 1 aliphatic heterocycles. The van der Waals surface area contributed by atoms with Gasteiger partial charge in [0.1, 0.15) is 5.75 Å². The summed E-state index contributed by atoms with van der Waals surface area (Å²) in [5.41, 5.74) is 5.62. The molecular formula is C27H27N3O2S. The molecule has 168 valence electrons. The van der Waals surface area contributed by atoms with Gasteiger partial charge in [-0.3, -0.25) is 9.79 Å². The minimum Gasteiger partial charge on any atom is -0.497 e. The minimum atomic E-state index is -0.0551. The highest BCUT2D eigenvalue weighted by atomic mass is 32.2. The van der Waals surface area contributed by atoms with Crippen molar-refractivity contribution in [3.8, 4) is 5.75 Å². The molecule has 1 aliphatic rings. The molecule has 0 unspecified atom stereocenters. The van der Waals surface area contributed by atoms with Gasteiger partial charge in [0, 0.05) is 12.1 Å². The van der Waals surface area contributed by atoms with Crippen LogP contribution in [0.2, 0.25) is 0 Å². The summed E-state index contributed by atoms with van der Waals surface area (Å²) in [6.07, 6.45) is 0.558. The fourth-order valence-electron chi connectivity index (χ4n) is 3.49. The zero-order valence-electron chi connectivity index (χ0n) is 19.0. The Bertz CT molecular complexity index is 1180. The summed E-state index contributed by atoms with van der Waals surface area (Å²) in [5, 5.41) is 3.84. The van der Waals surface area contributed by atoms with E-state index in [1.165, 1.54) is 17.3 Å². The number of nitrogens with one attached hydrogen (secondary N) is 1. The molecule has 0 aliphatic carbocycles. The van der Waals surface area contributed by atoms with Gasteiger partial charge in [-0.25, -0.2) is 4.99 Å². The number of nitrogens with zero attached hydrogens (tertiary/aromatic N) is 2. The molecule has 0 bridgehead atoms. The van der Waals surface area contributed by atoms with Crippen LogP contribution >= 0.6 is 11.8 Å². The first-order chi connectivity index (χ1) is 16.0. The number of hydrogen-bond donors (Lipinski definition) is 1. The lowest BCUT2D eigenvalue weighted by molar-refractivity contribution is -0.113. The number of carbonyl (C=O) groups excluding carboxylic acids is 1. The summed E-state index contributed by atoms with van der Waals surface area (Å²) in [5.74, 6) is 1.49. The van der Waals surface area contributed by atoms with Gasteiger partial charge in [0.05, 0.1) is 35.0 Å². The Morgan fingerprint density at radius 3 is 2.27 bits per heavy atom. The molecule has 0 spiro atoms. The maximum atomic E-state index is 12.6. The van der Waals surface area contributed by atoms with Crippen molar-refractivity contribution >= 4 is 45.5 Å². The number of para-hydroxylation sites is 2. The molecule has 33 heavy (non-hydrogen) atoms. The number of fused-ring (bicyclic) bond motifs is 1. The van der Waals surface area contributed by atoms with Gasteiger partial charge in [-0.1, -0.05) is 38.1 Å². The molecule has 4 rings (SSSR count). The largest absolute Gasteiger partial charge is 0.497 e. The van der Waals surface area contributed by atoms with Crippen LogP contribution in [0, 0.1) is 0 Å². The molecule has 6 heteroatoms. The van der Waals surface area contributed by atoms with Crippen molar-refractivity contribution in [2.75, 3.05) is 18.2 Å². The number of aliphatic imine (C=N–C) groups is 2. The van der Waals surface area contributed by atoms with Crippen molar-refractivity contribution in [3.63, 3.8) is 0 Å². The first kappa shape index (κ1) is 22.8. The predicted molar refractivity (Wildman–Crippen MR) is 139 cm³/mol. The van der Waals surface area contributed by atoms with E-state index in [1.807, 2.05) is 60.7 Å². The topological polar surface area (TPSA) is 63.1 Å². The highest BCUT2D eigenvalue weighted by molar-refractivity contribution is 8.14. The number of benzene rings is 3. The lowest BCUT2D eigenvalue weighted by Crippen LogP contribution is -2.16. The number of carbonyl (C=O) groups is 1. The van der Waals surface area contributed by atoms with Gasteiger partial charge in [-0.05, 0) is 65.6 Å². The normalized spacial score (nSPS) is 13.0. The van der Waals surface area contributed by atoms with Crippen LogP contribution in [-0.4, -0.2) is 29.5 Å². The number of methoxy groups -OCH3 is 1. The van der Waals surface area contributed by atoms with Crippen LogP contribution in [0.1, 0.15) is 37.3 Å². The number of rotatable bonds is 6. The maximum Gasteiger partial charge on any atom is 0.234 e. The van der Waals surface area contributed by atoms with Crippen LogP contribution in [-0.2, 0) is 4.79 Å². The van der Waals surface area contributed by atoms with Crippen LogP contribution < -0.4 is 10.1 Å². The summed E-state index contributed by atoms with van der Waals surface area (Å²) >= 11 is 1.45. The van der Waals surface area contributed by atoms with Gasteiger partial charge in [-0.15, -0.1) is 11.8 Å². The van der Waals surface area contributed by atoms with Crippen molar-refractivity contribution < 1.29 is 9.53 Å². The second-order valence-corrected chi connectivity index (χ2v) is 9.12. The lowest BCUT2D eigenvalue weighted by Gasteiger charge is -2.10. The van der Waals surface area contributed by atoms with E-state index in [9.17, 15) is 4.79 Å². The van der Waals surface area contributed by atoms with Crippen LogP contribution in [0.25, 0.3) is 0 Å². The van der Waals surface area contributed by atoms with E-state index < -0.39 is 0 Å². The molecule has 1 amide bonds. The second-order valence-electron chi connectivity index (χ2n) is 8.07. The zero-order chi connectivity index (χ0) is 23.2. The highest BCUT2D eigenvalue weighted by Crippen LogP contribution is 2.33. The fourth-order valence-corrected chi connectivity index (χ4v) is 4.26. The molecule has 0 fully saturated rings. The zero-order valence-corrected chi connectivity index (χ0v) is 19.9. The van der Waals surface area contributed by atoms with E-state index >= 15 is 0 Å². The predicted octanol–water partition coefficient (Wildman–Crippen LogP) is 6.75. The fraction of sp³-hybridized carbons (Fsp3) is 0.222. The molecule has 1 N–H and O–H groups in total. The van der Waals surface area contributed by atoms with Crippen molar-refractivity contribution in [1.82, 2.24) is 0 Å². The van der Waals surface area contributed by atoms with Gasteiger partial charge >= 0.3 is 0 Å². The van der Waals surface area contributed by atoms with Gasteiger partial charge < -0.3 is 10.1 Å². The Balaban J connectivity index is 1.48. The summed E-state index contributed by atoms with van der Waals surface area (Å²) in [6, 6.07) is 23.7. The molecular weight excluding hydrogens is 430 g/mol. The van der Waals surface area contributed by atoms with Gasteiger partial charge in [0.25, 0.3) is 0 Å². The number of hydrogen-bond acceptors (Lipinski definition) is 5. The molecule has 3 aromatic rings. The van der Waals surface area contributed by atoms with Crippen LogP contribution in [0.4, 0.5) is 17.1 Å². The lowest BCUT2D eigenvalue weighted by atomic mass is 10.0. The Kier molecular flexibility index (Phi) is 7.25. The molecule has 5 nitrogen and oxygen atoms in total. The maximum absolute atomic E-state index is 12.6. The van der Waals surface area contributed by atoms with Crippen LogP contribution in [0.15, 0.2) is 82.8 Å². The SMILES string of the molecule is COc1ccc(C2=Nc3ccccc3N=C(SCC(=O)Nc3ccc(C(C)C)cc3)C2)cc1. The third kappa shape index (κ3) is 5.90. The molecule has 3 aromatic carbocycles. The molecule has 0 saturated carbocycles. The summed E-state index contributed by atoms with van der Waals surface area (Å²) < 4.78 is 5.28. The highest BCUT2D eigenvalue weighted by Gasteiger charge is 2.17. The van der Waals surface area contributed by atoms with E-state index in [1.54, 1.807) is 7.11 Å². The van der Waals surface area contributed by atoms with E-state index in [0.717, 1.165) is 39.1 Å². The Labute approximate surface area is 199 Å². The van der Waals surface area contributed by atoms with Crippen molar-refractivity contribution in [1.29, 1.82) is 0 Å². The first-order valence-electron chi connectivity index (χ1n) is 10.9. The molecule has 0 radical (unpaired) electrons. The van der Waals surface area contributed by atoms with E-state index in [4.69, 9.17) is 14.7 Å². The molecule has 0 atom stereocenters. The van der Waals surface area contributed by atoms with E-state index in [0.29, 0.717) is 12.3 Å². The first-order valence-corrected chi connectivity index (χ1v) is 11.9. The van der Waals surface area contributed by atoms with Gasteiger partial charge in [-0.2, -0.15) is 0 Å². The monoisotopic (exact) mass is 457 g/mol. The smallest absolute Gasteiger partial charge is 0.234 e. The van der Waals surface area contributed by atoms with Gasteiger partial charge in [0.2, 0.25) is 5.91 Å². The summed E-state index contributed by atoms with van der Waals surface area (Å²) in [7, 11) is 1.65. The number of amides is 1. The van der Waals surface area contributed by atoms with Crippen LogP contribution in [0.5, 0.6) is 5.75 Å².